The summed E-state index contributed by atoms with van der Waals surface area (Å²) in [5, 5.41) is 21.5. The average molecular weight is 382 g/mol. The minimum Gasteiger partial charge on any atom is -0.504 e. The smallest absolute Gasteiger partial charge is 0.160 e. The first-order chi connectivity index (χ1) is 13.5. The molecule has 2 aromatic rings. The van der Waals surface area contributed by atoms with E-state index >= 15 is 0 Å². The molecule has 0 amide bonds. The number of hydrogen-bond donors (Lipinski definition) is 2. The fraction of sp³-hybridized carbons (Fsp3) is 0.500. The number of fused-ring (bicyclic) bond motifs is 1. The molecular weight excluding hydrogens is 350 g/mol. The van der Waals surface area contributed by atoms with Crippen LogP contribution in [0.15, 0.2) is 42.5 Å². The molecule has 0 aromatic heterocycles. The molecule has 2 aliphatic rings. The molecule has 0 bridgehead atoms. The maximum atomic E-state index is 11.4. The number of rotatable bonds is 4. The van der Waals surface area contributed by atoms with Crippen LogP contribution in [-0.2, 0) is 6.54 Å². The number of methoxy groups -OCH3 is 1. The van der Waals surface area contributed by atoms with Crippen LogP contribution in [0.3, 0.4) is 0 Å². The van der Waals surface area contributed by atoms with Crippen LogP contribution in [-0.4, -0.2) is 34.4 Å². The highest BCUT2D eigenvalue weighted by Gasteiger charge is 2.48. The highest BCUT2D eigenvalue weighted by Crippen LogP contribution is 2.50. The lowest BCUT2D eigenvalue weighted by Gasteiger charge is -2.53. The summed E-state index contributed by atoms with van der Waals surface area (Å²) in [5.41, 5.74) is 3.09. The molecule has 4 heteroatoms. The number of phenolic OH excluding ortho intramolecular Hbond substituents is 1. The lowest BCUT2D eigenvalue weighted by Crippen LogP contribution is -2.54. The second-order valence-electron chi connectivity index (χ2n) is 8.54. The third kappa shape index (κ3) is 3.63. The number of ether oxygens (including phenoxy) is 1. The van der Waals surface area contributed by atoms with Gasteiger partial charge in [-0.15, -0.1) is 0 Å². The van der Waals surface area contributed by atoms with Crippen molar-refractivity contribution >= 4 is 0 Å². The first-order valence-corrected chi connectivity index (χ1v) is 10.4. The summed E-state index contributed by atoms with van der Waals surface area (Å²) in [6.07, 6.45) is 5.03. The molecule has 4 rings (SSSR count). The summed E-state index contributed by atoms with van der Waals surface area (Å²) < 4.78 is 5.37. The van der Waals surface area contributed by atoms with Gasteiger partial charge >= 0.3 is 0 Å². The van der Waals surface area contributed by atoms with Gasteiger partial charge in [-0.05, 0) is 49.4 Å². The van der Waals surface area contributed by atoms with E-state index in [2.05, 4.69) is 36.1 Å². The normalized spacial score (nSPS) is 28.0. The molecule has 0 unspecified atom stereocenters. The summed E-state index contributed by atoms with van der Waals surface area (Å²) in [6, 6.07) is 14.5. The van der Waals surface area contributed by atoms with Gasteiger partial charge in [-0.3, -0.25) is 4.90 Å². The summed E-state index contributed by atoms with van der Waals surface area (Å²) in [4.78, 5) is 2.50. The molecule has 0 spiro atoms. The maximum absolute atomic E-state index is 11.4. The van der Waals surface area contributed by atoms with Crippen LogP contribution in [0.5, 0.6) is 11.5 Å². The van der Waals surface area contributed by atoms with E-state index < -0.39 is 5.60 Å². The van der Waals surface area contributed by atoms with Gasteiger partial charge in [0.05, 0.1) is 12.7 Å². The first-order valence-electron chi connectivity index (χ1n) is 10.4. The number of phenols is 1. The highest BCUT2D eigenvalue weighted by atomic mass is 16.5. The molecule has 1 aliphatic heterocycles. The Hall–Kier alpha value is -2.04. The van der Waals surface area contributed by atoms with Gasteiger partial charge in [0.15, 0.2) is 11.5 Å². The Kier molecular flexibility index (Phi) is 5.35. The van der Waals surface area contributed by atoms with Gasteiger partial charge in [0.2, 0.25) is 0 Å². The zero-order valence-corrected chi connectivity index (χ0v) is 16.9. The zero-order chi connectivity index (χ0) is 19.7. The molecule has 4 nitrogen and oxygen atoms in total. The fourth-order valence-electron chi connectivity index (χ4n) is 5.17. The van der Waals surface area contributed by atoms with E-state index in [0.29, 0.717) is 5.75 Å². The van der Waals surface area contributed by atoms with Crippen LogP contribution in [0.2, 0.25) is 0 Å². The van der Waals surface area contributed by atoms with E-state index in [-0.39, 0.29) is 17.7 Å². The van der Waals surface area contributed by atoms with Crippen LogP contribution < -0.4 is 4.74 Å². The summed E-state index contributed by atoms with van der Waals surface area (Å²) in [6.45, 7) is 3.84. The molecule has 2 aromatic carbocycles. The molecule has 28 heavy (non-hydrogen) atoms. The van der Waals surface area contributed by atoms with Crippen molar-refractivity contribution in [2.24, 2.45) is 5.92 Å². The van der Waals surface area contributed by atoms with E-state index in [1.807, 2.05) is 12.1 Å². The molecule has 1 saturated heterocycles. The van der Waals surface area contributed by atoms with Crippen molar-refractivity contribution in [2.45, 2.75) is 57.2 Å². The van der Waals surface area contributed by atoms with Crippen LogP contribution >= 0.6 is 0 Å². The van der Waals surface area contributed by atoms with E-state index in [1.165, 1.54) is 11.1 Å². The third-order valence-corrected chi connectivity index (χ3v) is 6.72. The Morgan fingerprint density at radius 1 is 1.11 bits per heavy atom. The summed E-state index contributed by atoms with van der Waals surface area (Å²) >= 11 is 0. The fourth-order valence-corrected chi connectivity index (χ4v) is 5.17. The number of aliphatic hydroxyl groups is 1. The van der Waals surface area contributed by atoms with Crippen LogP contribution in [0, 0.1) is 12.8 Å². The van der Waals surface area contributed by atoms with Gasteiger partial charge in [-0.1, -0.05) is 48.7 Å². The second-order valence-corrected chi connectivity index (χ2v) is 8.54. The number of hydrogen-bond acceptors (Lipinski definition) is 4. The van der Waals surface area contributed by atoms with Crippen molar-refractivity contribution in [3.8, 4) is 11.5 Å². The minimum absolute atomic E-state index is 0.120. The van der Waals surface area contributed by atoms with Crippen molar-refractivity contribution < 1.29 is 14.9 Å². The molecule has 3 atom stereocenters. The van der Waals surface area contributed by atoms with Gasteiger partial charge in [-0.2, -0.15) is 0 Å². The number of likely N-dealkylation sites (tertiary alicyclic amines) is 1. The molecule has 2 fully saturated rings. The number of nitrogens with zero attached hydrogens (tertiary/aromatic N) is 1. The molecular formula is C24H31NO3. The van der Waals surface area contributed by atoms with Crippen molar-refractivity contribution in [2.75, 3.05) is 13.7 Å². The van der Waals surface area contributed by atoms with Gasteiger partial charge in [-0.25, -0.2) is 0 Å². The van der Waals surface area contributed by atoms with Crippen molar-refractivity contribution in [1.82, 2.24) is 4.90 Å². The number of aryl methyl sites for hydroxylation is 1. The van der Waals surface area contributed by atoms with Gasteiger partial charge in [0, 0.05) is 25.0 Å². The number of aromatic hydroxyl groups is 1. The van der Waals surface area contributed by atoms with E-state index in [0.717, 1.165) is 50.8 Å². The highest BCUT2D eigenvalue weighted by molar-refractivity contribution is 5.43. The Morgan fingerprint density at radius 3 is 2.64 bits per heavy atom. The predicted molar refractivity (Wildman–Crippen MR) is 111 cm³/mol. The van der Waals surface area contributed by atoms with Crippen LogP contribution in [0.25, 0.3) is 0 Å². The molecule has 1 saturated carbocycles. The topological polar surface area (TPSA) is 52.9 Å². The Morgan fingerprint density at radius 2 is 1.89 bits per heavy atom. The second kappa shape index (κ2) is 7.76. The largest absolute Gasteiger partial charge is 0.504 e. The minimum atomic E-state index is -0.586. The monoisotopic (exact) mass is 381 g/mol. The van der Waals surface area contributed by atoms with Crippen molar-refractivity contribution in [3.63, 3.8) is 0 Å². The van der Waals surface area contributed by atoms with Crippen LogP contribution in [0.1, 0.15) is 54.8 Å². The van der Waals surface area contributed by atoms with Crippen molar-refractivity contribution in [1.29, 1.82) is 0 Å². The quantitative estimate of drug-likeness (QED) is 0.814. The summed E-state index contributed by atoms with van der Waals surface area (Å²) in [5.74, 6) is 0.860. The standard InChI is InChI=1S/C24H31NO3/c1-17-6-8-18(9-7-17)16-25-14-13-24(27)12-4-3-5-20(24)23(25)19-10-11-21(26)22(15-19)28-2/h6-11,15,20,23,26-27H,3-5,12-14,16H2,1-2H3/t20-,23-,24-/m1/s1. The molecule has 150 valence electrons. The number of piperidine rings is 1. The Balaban J connectivity index is 1.70. The third-order valence-electron chi connectivity index (χ3n) is 6.72. The average Bonchev–Trinajstić information content (AvgIpc) is 2.70. The molecule has 2 N–H and O–H groups in total. The lowest BCUT2D eigenvalue weighted by molar-refractivity contribution is -0.126. The first kappa shape index (κ1) is 19.3. The Labute approximate surface area is 167 Å². The van der Waals surface area contributed by atoms with Gasteiger partial charge in [0.1, 0.15) is 0 Å². The predicted octanol–water partition coefficient (Wildman–Crippen LogP) is 4.58. The zero-order valence-electron chi connectivity index (χ0n) is 16.9. The lowest BCUT2D eigenvalue weighted by atomic mass is 9.66. The van der Waals surface area contributed by atoms with E-state index in [1.54, 1.807) is 13.2 Å². The molecule has 0 radical (unpaired) electrons. The molecule has 1 heterocycles. The van der Waals surface area contributed by atoms with Crippen molar-refractivity contribution in [3.05, 3.63) is 59.2 Å². The van der Waals surface area contributed by atoms with Gasteiger partial charge < -0.3 is 14.9 Å². The van der Waals surface area contributed by atoms with E-state index in [9.17, 15) is 10.2 Å². The van der Waals surface area contributed by atoms with E-state index in [4.69, 9.17) is 4.74 Å². The SMILES string of the molecule is COc1cc([C@@H]2[C@H]3CCCC[C@@]3(O)CCN2Cc2ccc(C)cc2)ccc1O. The van der Waals surface area contributed by atoms with Crippen LogP contribution in [0.4, 0.5) is 0 Å². The Bertz CT molecular complexity index is 819. The summed E-state index contributed by atoms with van der Waals surface area (Å²) in [7, 11) is 1.58. The molecule has 1 aliphatic carbocycles. The maximum Gasteiger partial charge on any atom is 0.160 e. The van der Waals surface area contributed by atoms with Gasteiger partial charge in [0.25, 0.3) is 0 Å². The number of benzene rings is 2.